The minimum absolute atomic E-state index is 0.00829. The van der Waals surface area contributed by atoms with E-state index >= 15 is 0 Å². The van der Waals surface area contributed by atoms with Gasteiger partial charge in [0.05, 0.1) is 5.41 Å². The highest BCUT2D eigenvalue weighted by Gasteiger charge is 2.59. The van der Waals surface area contributed by atoms with E-state index in [-0.39, 0.29) is 24.4 Å². The third-order valence-corrected chi connectivity index (χ3v) is 4.14. The van der Waals surface area contributed by atoms with Gasteiger partial charge in [0.15, 0.2) is 0 Å². The Morgan fingerprint density at radius 3 is 2.71 bits per heavy atom. The average molecular weight is 196 g/mol. The molecular weight excluding hydrogens is 180 g/mol. The van der Waals surface area contributed by atoms with E-state index in [2.05, 4.69) is 6.08 Å². The number of hydrogen-bond acceptors (Lipinski definition) is 2. The standard InChI is InChI=1S/C11H16O3/c1-2-11(10(13)14)8-4-3-7(5-8)9(11)6-12/h3-4,7-9,12H,2,5-6H2,1H3,(H,13,14)/t7?,8?,9-,11+/m1/s1. The van der Waals surface area contributed by atoms with E-state index in [1.165, 1.54) is 0 Å². The molecule has 3 heteroatoms. The van der Waals surface area contributed by atoms with Crippen molar-refractivity contribution in [2.45, 2.75) is 19.8 Å². The fourth-order valence-corrected chi connectivity index (χ4v) is 3.36. The summed E-state index contributed by atoms with van der Waals surface area (Å²) in [5.74, 6) is -0.413. The lowest BCUT2D eigenvalue weighted by atomic mass is 9.67. The SMILES string of the molecule is CC[C@]1(C(=O)O)C2C=CC(C2)[C@H]1CO. The van der Waals surface area contributed by atoms with Crippen LogP contribution in [0.5, 0.6) is 0 Å². The first kappa shape index (κ1) is 9.71. The second-order valence-corrected chi connectivity index (χ2v) is 4.38. The highest BCUT2D eigenvalue weighted by atomic mass is 16.4. The van der Waals surface area contributed by atoms with Crippen molar-refractivity contribution in [3.63, 3.8) is 0 Å². The molecule has 0 radical (unpaired) electrons. The van der Waals surface area contributed by atoms with Gasteiger partial charge in [-0.05, 0) is 24.7 Å². The van der Waals surface area contributed by atoms with E-state index in [0.717, 1.165) is 6.42 Å². The molecule has 0 spiro atoms. The summed E-state index contributed by atoms with van der Waals surface area (Å²) in [5.41, 5.74) is -0.700. The van der Waals surface area contributed by atoms with Crippen LogP contribution in [0.15, 0.2) is 12.2 Å². The van der Waals surface area contributed by atoms with Crippen molar-refractivity contribution in [3.05, 3.63) is 12.2 Å². The van der Waals surface area contributed by atoms with E-state index in [1.807, 2.05) is 13.0 Å². The van der Waals surface area contributed by atoms with Crippen LogP contribution < -0.4 is 0 Å². The Bertz CT molecular complexity index is 284. The molecule has 0 amide bonds. The first-order valence-electron chi connectivity index (χ1n) is 5.19. The first-order valence-corrected chi connectivity index (χ1v) is 5.19. The molecule has 14 heavy (non-hydrogen) atoms. The van der Waals surface area contributed by atoms with Crippen LogP contribution in [0, 0.1) is 23.2 Å². The van der Waals surface area contributed by atoms with Crippen LogP contribution in [0.25, 0.3) is 0 Å². The molecule has 0 heterocycles. The Kier molecular flexibility index (Phi) is 2.14. The Balaban J connectivity index is 2.41. The van der Waals surface area contributed by atoms with Gasteiger partial charge < -0.3 is 10.2 Å². The molecule has 0 aromatic rings. The van der Waals surface area contributed by atoms with Crippen molar-refractivity contribution in [2.75, 3.05) is 6.61 Å². The van der Waals surface area contributed by atoms with Gasteiger partial charge in [0.25, 0.3) is 0 Å². The maximum absolute atomic E-state index is 11.4. The Hall–Kier alpha value is -0.830. The Labute approximate surface area is 83.4 Å². The molecule has 78 valence electrons. The van der Waals surface area contributed by atoms with Gasteiger partial charge in [-0.2, -0.15) is 0 Å². The quantitative estimate of drug-likeness (QED) is 0.668. The second kappa shape index (κ2) is 3.09. The van der Waals surface area contributed by atoms with Crippen molar-refractivity contribution in [3.8, 4) is 0 Å². The normalized spacial score (nSPS) is 44.6. The number of aliphatic hydroxyl groups is 1. The van der Waals surface area contributed by atoms with Crippen molar-refractivity contribution in [1.29, 1.82) is 0 Å². The third-order valence-electron chi connectivity index (χ3n) is 4.14. The lowest BCUT2D eigenvalue weighted by molar-refractivity contribution is -0.155. The molecule has 0 aromatic heterocycles. The molecule has 2 unspecified atom stereocenters. The number of hydrogen-bond donors (Lipinski definition) is 2. The van der Waals surface area contributed by atoms with Gasteiger partial charge in [-0.15, -0.1) is 0 Å². The van der Waals surface area contributed by atoms with Crippen LogP contribution >= 0.6 is 0 Å². The summed E-state index contributed by atoms with van der Waals surface area (Å²) in [6.07, 6.45) is 5.61. The monoisotopic (exact) mass is 196 g/mol. The fraction of sp³-hybridized carbons (Fsp3) is 0.727. The summed E-state index contributed by atoms with van der Waals surface area (Å²) >= 11 is 0. The minimum atomic E-state index is -0.740. The lowest BCUT2D eigenvalue weighted by Gasteiger charge is -2.36. The Morgan fingerprint density at radius 2 is 2.29 bits per heavy atom. The van der Waals surface area contributed by atoms with E-state index in [9.17, 15) is 15.0 Å². The van der Waals surface area contributed by atoms with Gasteiger partial charge in [0.2, 0.25) is 0 Å². The number of allylic oxidation sites excluding steroid dienone is 2. The molecule has 1 saturated carbocycles. The van der Waals surface area contributed by atoms with Crippen molar-refractivity contribution in [2.24, 2.45) is 23.2 Å². The first-order chi connectivity index (χ1) is 6.66. The highest BCUT2D eigenvalue weighted by molar-refractivity contribution is 5.77. The van der Waals surface area contributed by atoms with Crippen LogP contribution in [0.1, 0.15) is 19.8 Å². The molecule has 4 atom stereocenters. The lowest BCUT2D eigenvalue weighted by Crippen LogP contribution is -2.43. The molecular formula is C11H16O3. The summed E-state index contributed by atoms with van der Waals surface area (Å²) < 4.78 is 0. The highest BCUT2D eigenvalue weighted by Crippen LogP contribution is 2.57. The largest absolute Gasteiger partial charge is 0.481 e. The summed E-state index contributed by atoms with van der Waals surface area (Å²) in [5, 5.41) is 18.6. The van der Waals surface area contributed by atoms with Crippen LogP contribution in [0.3, 0.4) is 0 Å². The van der Waals surface area contributed by atoms with E-state index in [1.54, 1.807) is 0 Å². The molecule has 3 nitrogen and oxygen atoms in total. The number of aliphatic carboxylic acids is 1. The predicted molar refractivity (Wildman–Crippen MR) is 51.7 cm³/mol. The molecule has 2 N–H and O–H groups in total. The molecule has 1 fully saturated rings. The zero-order valence-corrected chi connectivity index (χ0v) is 8.31. The van der Waals surface area contributed by atoms with E-state index < -0.39 is 11.4 Å². The fourth-order valence-electron chi connectivity index (χ4n) is 3.36. The van der Waals surface area contributed by atoms with E-state index in [4.69, 9.17) is 0 Å². The van der Waals surface area contributed by atoms with Gasteiger partial charge in [0, 0.05) is 12.5 Å². The van der Waals surface area contributed by atoms with Crippen LogP contribution in [0.2, 0.25) is 0 Å². The summed E-state index contributed by atoms with van der Waals surface area (Å²) in [7, 11) is 0. The average Bonchev–Trinajstić information content (AvgIpc) is 2.74. The smallest absolute Gasteiger partial charge is 0.310 e. The Morgan fingerprint density at radius 1 is 1.57 bits per heavy atom. The van der Waals surface area contributed by atoms with Gasteiger partial charge in [0.1, 0.15) is 0 Å². The molecule has 0 aromatic carbocycles. The predicted octanol–water partition coefficient (Wildman–Crippen LogP) is 1.28. The van der Waals surface area contributed by atoms with Crippen LogP contribution in [-0.2, 0) is 4.79 Å². The summed E-state index contributed by atoms with van der Waals surface area (Å²) in [4.78, 5) is 11.4. The summed E-state index contributed by atoms with van der Waals surface area (Å²) in [6.45, 7) is 1.90. The van der Waals surface area contributed by atoms with Crippen molar-refractivity contribution >= 4 is 5.97 Å². The van der Waals surface area contributed by atoms with Crippen LogP contribution in [-0.4, -0.2) is 22.8 Å². The molecule has 2 aliphatic rings. The number of carboxylic acids is 1. The van der Waals surface area contributed by atoms with Gasteiger partial charge in [-0.1, -0.05) is 19.1 Å². The minimum Gasteiger partial charge on any atom is -0.481 e. The number of carbonyl (C=O) groups is 1. The number of aliphatic hydroxyl groups excluding tert-OH is 1. The number of rotatable bonds is 3. The molecule has 2 bridgehead atoms. The molecule has 2 aliphatic carbocycles. The van der Waals surface area contributed by atoms with Crippen molar-refractivity contribution in [1.82, 2.24) is 0 Å². The zero-order chi connectivity index (χ0) is 10.3. The van der Waals surface area contributed by atoms with Gasteiger partial charge in [-0.25, -0.2) is 0 Å². The number of fused-ring (bicyclic) bond motifs is 2. The zero-order valence-electron chi connectivity index (χ0n) is 8.31. The maximum Gasteiger partial charge on any atom is 0.310 e. The van der Waals surface area contributed by atoms with E-state index in [0.29, 0.717) is 6.42 Å². The topological polar surface area (TPSA) is 57.5 Å². The van der Waals surface area contributed by atoms with Crippen LogP contribution in [0.4, 0.5) is 0 Å². The molecule has 0 aliphatic heterocycles. The summed E-state index contributed by atoms with van der Waals surface area (Å²) in [6, 6.07) is 0. The number of carboxylic acid groups (broad SMARTS) is 1. The van der Waals surface area contributed by atoms with Gasteiger partial charge >= 0.3 is 5.97 Å². The molecule has 2 rings (SSSR count). The second-order valence-electron chi connectivity index (χ2n) is 4.38. The van der Waals surface area contributed by atoms with Gasteiger partial charge in [-0.3, -0.25) is 4.79 Å². The third kappa shape index (κ3) is 0.934. The maximum atomic E-state index is 11.4. The molecule has 0 saturated heterocycles. The van der Waals surface area contributed by atoms with Crippen molar-refractivity contribution < 1.29 is 15.0 Å².